The Kier molecular flexibility index (Phi) is 5.32. The molecule has 2 aliphatic carbocycles. The van der Waals surface area contributed by atoms with Crippen LogP contribution < -0.4 is 16.5 Å². The van der Waals surface area contributed by atoms with Gasteiger partial charge in [-0.25, -0.2) is 5.53 Å². The van der Waals surface area contributed by atoms with Gasteiger partial charge in [0.05, 0.1) is 0 Å². The molecule has 4 aliphatic rings. The van der Waals surface area contributed by atoms with Crippen LogP contribution in [0.3, 0.4) is 0 Å². The largest absolute Gasteiger partial charge is 0.350 e. The van der Waals surface area contributed by atoms with E-state index in [-0.39, 0.29) is 5.92 Å². The van der Waals surface area contributed by atoms with E-state index in [0.717, 1.165) is 38.1 Å². The zero-order chi connectivity index (χ0) is 22.5. The van der Waals surface area contributed by atoms with Crippen molar-refractivity contribution >= 4 is 22.6 Å². The number of aromatic nitrogens is 1. The number of nitrogens with one attached hydrogen (secondary N) is 3. The molecule has 0 bridgehead atoms. The third-order valence-corrected chi connectivity index (χ3v) is 8.56. The molecule has 1 aromatic carbocycles. The van der Waals surface area contributed by atoms with E-state index in [2.05, 4.69) is 69.4 Å². The summed E-state index contributed by atoms with van der Waals surface area (Å²) in [4.78, 5) is 15.9. The smallest absolute Gasteiger partial charge is 0.223 e. The standard InChI is InChI=1S/C26H36N6O/c1-16(21-15-31(2)23-10-3-6-18(25(21)23)17-11-12-17)14-24(33)32-13-5-8-19-20(7-4-9-22(19)32)26-27-29-30-28-26/h3,6,10,15-17,19-20,22,29-30H,4-5,7-9,11-14H2,1-2H3,(H,27,28). The Morgan fingerprint density at radius 3 is 2.85 bits per heavy atom. The molecule has 3 fully saturated rings. The molecular weight excluding hydrogens is 412 g/mol. The van der Waals surface area contributed by atoms with E-state index in [9.17, 15) is 4.79 Å². The molecule has 4 unspecified atom stereocenters. The lowest BCUT2D eigenvalue weighted by molar-refractivity contribution is -0.138. The zero-order valence-electron chi connectivity index (χ0n) is 19.8. The molecular formula is C26H36N6O. The summed E-state index contributed by atoms with van der Waals surface area (Å²) in [5.41, 5.74) is 13.0. The summed E-state index contributed by atoms with van der Waals surface area (Å²) < 4.78 is 2.25. The lowest BCUT2D eigenvalue weighted by Gasteiger charge is -2.47. The van der Waals surface area contributed by atoms with Crippen molar-refractivity contribution in [1.29, 1.82) is 0 Å². The van der Waals surface area contributed by atoms with Crippen molar-refractivity contribution in [2.45, 2.75) is 76.2 Å². The molecule has 0 spiro atoms. The van der Waals surface area contributed by atoms with Gasteiger partial charge in [0.1, 0.15) is 5.84 Å². The fourth-order valence-corrected chi connectivity index (χ4v) is 6.83. The second kappa shape index (κ2) is 8.35. The van der Waals surface area contributed by atoms with E-state index in [1.807, 2.05) is 0 Å². The van der Waals surface area contributed by atoms with Crippen LogP contribution in [0.25, 0.3) is 10.9 Å². The molecule has 3 heterocycles. The van der Waals surface area contributed by atoms with Gasteiger partial charge in [-0.2, -0.15) is 0 Å². The molecule has 33 heavy (non-hydrogen) atoms. The molecule has 2 aliphatic heterocycles. The normalized spacial score (nSPS) is 28.1. The summed E-state index contributed by atoms with van der Waals surface area (Å²) in [6.07, 6.45) is 11.1. The summed E-state index contributed by atoms with van der Waals surface area (Å²) in [6, 6.07) is 7.06. The number of likely N-dealkylation sites (tertiary alicyclic amines) is 1. The van der Waals surface area contributed by atoms with Crippen LogP contribution in [-0.4, -0.2) is 33.8 Å². The molecule has 1 amide bonds. The molecule has 2 aromatic rings. The topological polar surface area (TPSA) is 73.7 Å². The number of carbonyl (C=O) groups excluding carboxylic acids is 1. The van der Waals surface area contributed by atoms with E-state index in [1.54, 1.807) is 0 Å². The summed E-state index contributed by atoms with van der Waals surface area (Å²) in [5, 5.41) is 5.81. The molecule has 1 aromatic heterocycles. The van der Waals surface area contributed by atoms with Gasteiger partial charge in [0, 0.05) is 49.1 Å². The Balaban J connectivity index is 1.23. The first-order valence-electron chi connectivity index (χ1n) is 12.8. The Bertz CT molecular complexity index is 1090. The van der Waals surface area contributed by atoms with Crippen LogP contribution in [0.2, 0.25) is 0 Å². The first kappa shape index (κ1) is 21.0. The summed E-state index contributed by atoms with van der Waals surface area (Å²) in [6.45, 7) is 3.15. The van der Waals surface area contributed by atoms with Gasteiger partial charge in [0.15, 0.2) is 0 Å². The minimum absolute atomic E-state index is 0.218. The van der Waals surface area contributed by atoms with Crippen molar-refractivity contribution in [3.8, 4) is 0 Å². The van der Waals surface area contributed by atoms with E-state index in [0.29, 0.717) is 36.1 Å². The SMILES string of the molecule is CC(CC(=O)N1CCCC2C(C3=NNNN3)CCCC21)c1cn(C)c2cccc(C3CC3)c12. The molecule has 176 valence electrons. The van der Waals surface area contributed by atoms with Gasteiger partial charge in [-0.3, -0.25) is 10.2 Å². The van der Waals surface area contributed by atoms with E-state index in [4.69, 9.17) is 0 Å². The highest BCUT2D eigenvalue weighted by Crippen LogP contribution is 2.46. The van der Waals surface area contributed by atoms with Gasteiger partial charge < -0.3 is 9.47 Å². The number of hydrogen-bond donors (Lipinski definition) is 3. The van der Waals surface area contributed by atoms with Crippen molar-refractivity contribution in [2.24, 2.45) is 24.0 Å². The molecule has 7 heteroatoms. The van der Waals surface area contributed by atoms with Crippen LogP contribution in [0.1, 0.15) is 81.3 Å². The van der Waals surface area contributed by atoms with Gasteiger partial charge in [-0.05, 0) is 73.5 Å². The third-order valence-electron chi connectivity index (χ3n) is 8.56. The number of amidine groups is 1. The Hall–Kier alpha value is -2.54. The number of carbonyl (C=O) groups is 1. The molecule has 7 nitrogen and oxygen atoms in total. The predicted molar refractivity (Wildman–Crippen MR) is 130 cm³/mol. The molecule has 3 N–H and O–H groups in total. The third kappa shape index (κ3) is 3.70. The van der Waals surface area contributed by atoms with E-state index in [1.165, 1.54) is 41.3 Å². The van der Waals surface area contributed by atoms with Crippen molar-refractivity contribution in [1.82, 2.24) is 26.0 Å². The van der Waals surface area contributed by atoms with Crippen LogP contribution >= 0.6 is 0 Å². The highest BCUT2D eigenvalue weighted by molar-refractivity contribution is 5.90. The quantitative estimate of drug-likeness (QED) is 0.649. The number of aryl methyl sites for hydroxylation is 1. The Labute approximate surface area is 195 Å². The number of hydrazine groups is 2. The lowest BCUT2D eigenvalue weighted by Crippen LogP contribution is -2.54. The second-order valence-corrected chi connectivity index (χ2v) is 10.7. The maximum absolute atomic E-state index is 13.7. The van der Waals surface area contributed by atoms with E-state index < -0.39 is 0 Å². The number of nitrogens with zero attached hydrogens (tertiary/aromatic N) is 3. The van der Waals surface area contributed by atoms with Crippen LogP contribution in [-0.2, 0) is 11.8 Å². The first-order valence-corrected chi connectivity index (χ1v) is 12.8. The van der Waals surface area contributed by atoms with Gasteiger partial charge >= 0.3 is 0 Å². The summed E-state index contributed by atoms with van der Waals surface area (Å²) in [7, 11) is 2.14. The van der Waals surface area contributed by atoms with Crippen molar-refractivity contribution in [3.63, 3.8) is 0 Å². The minimum Gasteiger partial charge on any atom is -0.350 e. The number of amides is 1. The fourth-order valence-electron chi connectivity index (χ4n) is 6.83. The molecule has 2 saturated carbocycles. The number of hydrazone groups is 1. The molecule has 6 rings (SSSR count). The maximum atomic E-state index is 13.7. The van der Waals surface area contributed by atoms with Crippen LogP contribution in [0.15, 0.2) is 29.5 Å². The number of piperidine rings is 1. The average Bonchev–Trinajstić information content (AvgIpc) is 3.42. The van der Waals surface area contributed by atoms with Gasteiger partial charge in [-0.15, -0.1) is 10.6 Å². The van der Waals surface area contributed by atoms with E-state index >= 15 is 0 Å². The van der Waals surface area contributed by atoms with Crippen molar-refractivity contribution < 1.29 is 4.79 Å². The Morgan fingerprint density at radius 1 is 1.18 bits per heavy atom. The molecule has 1 saturated heterocycles. The number of fused-ring (bicyclic) bond motifs is 2. The minimum atomic E-state index is 0.218. The number of benzene rings is 1. The zero-order valence-corrected chi connectivity index (χ0v) is 19.8. The first-order chi connectivity index (χ1) is 16.1. The molecule has 4 atom stereocenters. The number of hydrogen-bond acceptors (Lipinski definition) is 5. The predicted octanol–water partition coefficient (Wildman–Crippen LogP) is 3.88. The van der Waals surface area contributed by atoms with Crippen LogP contribution in [0.5, 0.6) is 0 Å². The second-order valence-electron chi connectivity index (χ2n) is 10.7. The highest BCUT2D eigenvalue weighted by atomic mass is 16.2. The van der Waals surface area contributed by atoms with Gasteiger partial charge in [0.25, 0.3) is 0 Å². The van der Waals surface area contributed by atoms with Crippen LogP contribution in [0, 0.1) is 11.8 Å². The Morgan fingerprint density at radius 2 is 2.06 bits per heavy atom. The molecule has 0 radical (unpaired) electrons. The van der Waals surface area contributed by atoms with Crippen molar-refractivity contribution in [3.05, 3.63) is 35.5 Å². The fraction of sp³-hybridized carbons (Fsp3) is 0.615. The van der Waals surface area contributed by atoms with Crippen molar-refractivity contribution in [2.75, 3.05) is 6.54 Å². The summed E-state index contributed by atoms with van der Waals surface area (Å²) in [5.74, 6) is 3.16. The highest BCUT2D eigenvalue weighted by Gasteiger charge is 2.43. The maximum Gasteiger partial charge on any atom is 0.223 e. The van der Waals surface area contributed by atoms with Crippen LogP contribution in [0.4, 0.5) is 0 Å². The summed E-state index contributed by atoms with van der Waals surface area (Å²) >= 11 is 0. The number of rotatable bonds is 5. The monoisotopic (exact) mass is 448 g/mol. The average molecular weight is 449 g/mol. The van der Waals surface area contributed by atoms with Gasteiger partial charge in [0.2, 0.25) is 5.91 Å². The van der Waals surface area contributed by atoms with Gasteiger partial charge in [-0.1, -0.05) is 25.5 Å². The lowest BCUT2D eigenvalue weighted by atomic mass is 9.70.